The van der Waals surface area contributed by atoms with Gasteiger partial charge in [0.1, 0.15) is 0 Å². The number of halogens is 2. The first kappa shape index (κ1) is 31.3. The van der Waals surface area contributed by atoms with Gasteiger partial charge in [0.15, 0.2) is 5.01 Å². The number of nitrogens with zero attached hydrogens (tertiary/aromatic N) is 3. The molecular weight excluding hydrogens is 629 g/mol. The maximum absolute atomic E-state index is 13.3. The Morgan fingerprint density at radius 1 is 1.08 bits per heavy atom. The van der Waals surface area contributed by atoms with Crippen LogP contribution < -0.4 is 14.3 Å². The molecule has 11 nitrogen and oxygen atoms in total. The number of likely N-dealkylation sites (N-methyl/N-ethyl adjacent to an activating group) is 1. The van der Waals surface area contributed by atoms with Crippen LogP contribution in [0.4, 0.5) is 11.4 Å². The van der Waals surface area contributed by atoms with E-state index in [1.807, 2.05) is 7.05 Å². The highest BCUT2D eigenvalue weighted by Gasteiger charge is 2.32. The SMILES string of the molecule is CN1CCc2nc(C(=O)Nc3c(CNC(=O)c4ccc(Cl)s4)cccc3N(S(C)(=O)=O)S(C)(=O)=O)sc2C1.Cl. The molecule has 3 aromatic rings. The Kier molecular flexibility index (Phi) is 9.68. The quantitative estimate of drug-likeness (QED) is 0.377. The maximum Gasteiger partial charge on any atom is 0.284 e. The number of fused-ring (bicyclic) bond motifs is 1. The second-order valence-electron chi connectivity index (χ2n) is 8.65. The van der Waals surface area contributed by atoms with Crippen LogP contribution in [-0.4, -0.2) is 64.6 Å². The van der Waals surface area contributed by atoms with Crippen molar-refractivity contribution in [2.24, 2.45) is 0 Å². The Balaban J connectivity index is 0.00000420. The number of anilines is 2. The number of hydrogen-bond acceptors (Lipinski definition) is 10. The first-order chi connectivity index (χ1) is 17.7. The average molecular weight is 655 g/mol. The van der Waals surface area contributed by atoms with Gasteiger partial charge in [-0.05, 0) is 30.8 Å². The van der Waals surface area contributed by atoms with Crippen LogP contribution in [0.1, 0.15) is 35.6 Å². The normalized spacial score (nSPS) is 13.7. The number of hydrogen-bond donors (Lipinski definition) is 2. The predicted octanol–water partition coefficient (Wildman–Crippen LogP) is 3.18. The van der Waals surface area contributed by atoms with Crippen LogP contribution in [0.15, 0.2) is 30.3 Å². The molecule has 0 radical (unpaired) electrons. The summed E-state index contributed by atoms with van der Waals surface area (Å²) >= 11 is 8.21. The van der Waals surface area contributed by atoms with Gasteiger partial charge in [0.2, 0.25) is 20.0 Å². The molecule has 0 fully saturated rings. The van der Waals surface area contributed by atoms with Gasteiger partial charge < -0.3 is 15.5 Å². The van der Waals surface area contributed by atoms with E-state index in [1.54, 1.807) is 18.2 Å². The molecule has 0 spiro atoms. The van der Waals surface area contributed by atoms with E-state index in [0.717, 1.165) is 41.0 Å². The maximum atomic E-state index is 13.3. The van der Waals surface area contributed by atoms with E-state index in [-0.39, 0.29) is 44.6 Å². The third kappa shape index (κ3) is 7.28. The van der Waals surface area contributed by atoms with Crippen molar-refractivity contribution < 1.29 is 26.4 Å². The molecule has 0 bridgehead atoms. The Labute approximate surface area is 245 Å². The average Bonchev–Trinajstić information content (AvgIpc) is 3.43. The molecule has 0 atom stereocenters. The molecule has 1 aliphatic heterocycles. The Morgan fingerprint density at radius 3 is 2.38 bits per heavy atom. The van der Waals surface area contributed by atoms with E-state index in [9.17, 15) is 26.4 Å². The lowest BCUT2D eigenvalue weighted by Crippen LogP contribution is -2.36. The number of rotatable bonds is 8. The highest BCUT2D eigenvalue weighted by atomic mass is 35.5. The van der Waals surface area contributed by atoms with Crippen LogP contribution in [0.25, 0.3) is 0 Å². The molecule has 17 heteroatoms. The minimum atomic E-state index is -4.32. The van der Waals surface area contributed by atoms with Crippen molar-refractivity contribution in [3.05, 3.63) is 60.7 Å². The minimum absolute atomic E-state index is 0. The summed E-state index contributed by atoms with van der Waals surface area (Å²) in [4.78, 5) is 33.8. The molecule has 1 aliphatic rings. The van der Waals surface area contributed by atoms with Crippen molar-refractivity contribution >= 4 is 89.9 Å². The summed E-state index contributed by atoms with van der Waals surface area (Å²) in [7, 11) is -6.67. The number of thiazole rings is 1. The molecular formula is C22H25Cl2N5O6S4. The van der Waals surface area contributed by atoms with E-state index in [0.29, 0.717) is 22.2 Å². The Morgan fingerprint density at radius 2 is 1.77 bits per heavy atom. The number of nitrogens with one attached hydrogen (secondary N) is 2. The zero-order valence-corrected chi connectivity index (χ0v) is 25.8. The number of amides is 2. The molecule has 2 N–H and O–H groups in total. The van der Waals surface area contributed by atoms with Crippen LogP contribution in [-0.2, 0) is 39.6 Å². The van der Waals surface area contributed by atoms with Crippen LogP contribution in [0.3, 0.4) is 0 Å². The fourth-order valence-corrected chi connectivity index (χ4v) is 8.95. The molecule has 0 saturated carbocycles. The standard InChI is InChI=1S/C22H24ClN5O6S4.ClH/c1-27-10-9-14-17(12-27)36-22(25-14)21(30)26-19-13(11-24-20(29)16-7-8-18(23)35-16)5-4-6-15(19)28(37(2,31)32)38(3,33)34;/h4-8H,9-12H2,1-3H3,(H,24,29)(H,26,30);1H. The van der Waals surface area contributed by atoms with Gasteiger partial charge in [-0.1, -0.05) is 23.7 Å². The van der Waals surface area contributed by atoms with E-state index in [2.05, 4.69) is 20.5 Å². The van der Waals surface area contributed by atoms with E-state index in [4.69, 9.17) is 11.6 Å². The summed E-state index contributed by atoms with van der Waals surface area (Å²) in [5.74, 6) is -1.07. The van der Waals surface area contributed by atoms with Gasteiger partial charge in [0.05, 0.1) is 38.8 Å². The number of thiophene rings is 1. The molecule has 2 amide bonds. The first-order valence-corrected chi connectivity index (χ1v) is 16.8. The summed E-state index contributed by atoms with van der Waals surface area (Å²) in [6.07, 6.45) is 2.19. The van der Waals surface area contributed by atoms with Crippen LogP contribution in [0.2, 0.25) is 4.34 Å². The minimum Gasteiger partial charge on any atom is -0.347 e. The van der Waals surface area contributed by atoms with Crippen LogP contribution in [0.5, 0.6) is 0 Å². The molecule has 39 heavy (non-hydrogen) atoms. The van der Waals surface area contributed by atoms with Crippen molar-refractivity contribution in [3.8, 4) is 0 Å². The molecule has 2 aromatic heterocycles. The molecule has 0 unspecified atom stereocenters. The number of para-hydroxylation sites is 1. The van der Waals surface area contributed by atoms with Gasteiger partial charge in [0.25, 0.3) is 11.8 Å². The van der Waals surface area contributed by atoms with E-state index < -0.39 is 31.9 Å². The zero-order chi connectivity index (χ0) is 27.8. The molecule has 3 heterocycles. The van der Waals surface area contributed by atoms with Crippen LogP contribution in [0, 0.1) is 0 Å². The molecule has 0 aliphatic carbocycles. The number of sulfonamides is 2. The predicted molar refractivity (Wildman–Crippen MR) is 156 cm³/mol. The number of aromatic nitrogens is 1. The van der Waals surface area contributed by atoms with Gasteiger partial charge in [-0.15, -0.1) is 35.1 Å². The summed E-state index contributed by atoms with van der Waals surface area (Å²) in [6.45, 7) is 1.31. The topological polar surface area (TPSA) is 146 Å². The van der Waals surface area contributed by atoms with Gasteiger partial charge in [-0.25, -0.2) is 21.8 Å². The van der Waals surface area contributed by atoms with Gasteiger partial charge >= 0.3 is 0 Å². The van der Waals surface area contributed by atoms with Crippen molar-refractivity contribution in [2.75, 3.05) is 35.1 Å². The summed E-state index contributed by atoms with van der Waals surface area (Å²) in [5, 5.41) is 5.52. The van der Waals surface area contributed by atoms with Gasteiger partial charge in [-0.2, -0.15) is 3.71 Å². The number of benzene rings is 1. The summed E-state index contributed by atoms with van der Waals surface area (Å²) in [6, 6.07) is 7.39. The lowest BCUT2D eigenvalue weighted by atomic mass is 10.1. The lowest BCUT2D eigenvalue weighted by molar-refractivity contribution is 0.0954. The van der Waals surface area contributed by atoms with Crippen LogP contribution >= 0.6 is 46.7 Å². The zero-order valence-electron chi connectivity index (χ0n) is 20.9. The Hall–Kier alpha value is -2.27. The fraction of sp³-hybridized carbons (Fsp3) is 0.318. The Bertz CT molecular complexity index is 1590. The van der Waals surface area contributed by atoms with Crippen molar-refractivity contribution in [1.82, 2.24) is 15.2 Å². The molecule has 4 rings (SSSR count). The highest BCUT2D eigenvalue weighted by molar-refractivity contribution is 8.09. The lowest BCUT2D eigenvalue weighted by Gasteiger charge is -2.24. The van der Waals surface area contributed by atoms with E-state index in [1.165, 1.54) is 23.5 Å². The van der Waals surface area contributed by atoms with Crippen molar-refractivity contribution in [1.29, 1.82) is 0 Å². The fourth-order valence-electron chi connectivity index (χ4n) is 3.92. The monoisotopic (exact) mass is 653 g/mol. The largest absolute Gasteiger partial charge is 0.347 e. The number of carbonyl (C=O) groups excluding carboxylic acids is 2. The summed E-state index contributed by atoms with van der Waals surface area (Å²) in [5.41, 5.74) is 0.742. The molecule has 0 saturated heterocycles. The molecule has 1 aromatic carbocycles. The highest BCUT2D eigenvalue weighted by Crippen LogP contribution is 2.34. The third-order valence-corrected chi connectivity index (χ3v) is 11.1. The summed E-state index contributed by atoms with van der Waals surface area (Å²) < 4.78 is 50.9. The first-order valence-electron chi connectivity index (χ1n) is 11.1. The smallest absolute Gasteiger partial charge is 0.284 e. The van der Waals surface area contributed by atoms with Gasteiger partial charge in [-0.3, -0.25) is 9.59 Å². The van der Waals surface area contributed by atoms with E-state index >= 15 is 0 Å². The second-order valence-corrected chi connectivity index (χ2v) is 15.3. The number of carbonyl (C=O) groups is 2. The third-order valence-electron chi connectivity index (χ3n) is 5.52. The second kappa shape index (κ2) is 12.1. The van der Waals surface area contributed by atoms with Crippen molar-refractivity contribution in [3.63, 3.8) is 0 Å². The van der Waals surface area contributed by atoms with Crippen molar-refractivity contribution in [2.45, 2.75) is 19.5 Å². The molecule has 212 valence electrons. The van der Waals surface area contributed by atoms with Gasteiger partial charge in [0, 0.05) is 30.9 Å².